The van der Waals surface area contributed by atoms with Gasteiger partial charge in [0.2, 0.25) is 0 Å². The van der Waals surface area contributed by atoms with Gasteiger partial charge in [0.15, 0.2) is 0 Å². The molecular weight excluding hydrogens is 212 g/mol. The summed E-state index contributed by atoms with van der Waals surface area (Å²) in [6.45, 7) is 3.08. The number of para-hydroxylation sites is 1. The molecule has 3 heteroatoms. The number of benzene rings is 1. The minimum atomic E-state index is 0.639. The van der Waals surface area contributed by atoms with Crippen molar-refractivity contribution in [3.05, 3.63) is 23.8 Å². The van der Waals surface area contributed by atoms with Crippen LogP contribution in [0, 0.1) is 11.3 Å². The number of nitrogens with zero attached hydrogens (tertiary/aromatic N) is 1. The number of nitrogens with one attached hydrogen (secondary N) is 1. The predicted octanol–water partition coefficient (Wildman–Crippen LogP) is 3.56. The molecule has 0 spiro atoms. The normalized spacial score (nSPS) is 9.71. The van der Waals surface area contributed by atoms with Crippen LogP contribution in [0.5, 0.6) is 5.75 Å². The number of hydrogen-bond donors (Lipinski definition) is 1. The Balaban J connectivity index is 2.59. The molecule has 0 fully saturated rings. The highest BCUT2D eigenvalue weighted by molar-refractivity contribution is 5.66. The summed E-state index contributed by atoms with van der Waals surface area (Å²) in [7, 11) is 1.62. The monoisotopic (exact) mass is 232 g/mol. The van der Waals surface area contributed by atoms with Crippen molar-refractivity contribution in [2.24, 2.45) is 0 Å². The summed E-state index contributed by atoms with van der Waals surface area (Å²) >= 11 is 0. The van der Waals surface area contributed by atoms with E-state index in [1.807, 2.05) is 12.1 Å². The molecule has 1 rings (SSSR count). The number of unbranched alkanes of at least 4 members (excludes halogenated alkanes) is 3. The van der Waals surface area contributed by atoms with Crippen LogP contribution >= 0.6 is 0 Å². The largest absolute Gasteiger partial charge is 0.495 e. The van der Waals surface area contributed by atoms with Crippen molar-refractivity contribution in [1.82, 2.24) is 0 Å². The van der Waals surface area contributed by atoms with Crippen molar-refractivity contribution in [3.8, 4) is 11.8 Å². The molecule has 0 aliphatic rings. The lowest BCUT2D eigenvalue weighted by Gasteiger charge is -2.12. The summed E-state index contributed by atoms with van der Waals surface area (Å²) < 4.78 is 5.25. The fraction of sp³-hybridized carbons (Fsp3) is 0.500. The van der Waals surface area contributed by atoms with Crippen LogP contribution in [0.25, 0.3) is 0 Å². The first-order chi connectivity index (χ1) is 8.33. The number of ether oxygens (including phenoxy) is 1. The van der Waals surface area contributed by atoms with Crippen molar-refractivity contribution in [3.63, 3.8) is 0 Å². The molecule has 0 aliphatic carbocycles. The van der Waals surface area contributed by atoms with E-state index in [1.165, 1.54) is 19.3 Å². The van der Waals surface area contributed by atoms with Gasteiger partial charge < -0.3 is 10.1 Å². The molecule has 0 amide bonds. The van der Waals surface area contributed by atoms with E-state index in [0.717, 1.165) is 24.4 Å². The molecule has 0 unspecified atom stereocenters. The van der Waals surface area contributed by atoms with E-state index >= 15 is 0 Å². The molecule has 1 aromatic rings. The Morgan fingerprint density at radius 2 is 2.12 bits per heavy atom. The van der Waals surface area contributed by atoms with E-state index in [4.69, 9.17) is 10.00 Å². The minimum Gasteiger partial charge on any atom is -0.495 e. The van der Waals surface area contributed by atoms with Crippen molar-refractivity contribution < 1.29 is 4.74 Å². The second-order valence-electron chi connectivity index (χ2n) is 3.98. The first-order valence-corrected chi connectivity index (χ1v) is 6.14. The van der Waals surface area contributed by atoms with Crippen LogP contribution in [0.3, 0.4) is 0 Å². The van der Waals surface area contributed by atoms with Crippen LogP contribution in [-0.2, 0) is 0 Å². The Morgan fingerprint density at radius 3 is 2.76 bits per heavy atom. The number of rotatable bonds is 7. The van der Waals surface area contributed by atoms with Gasteiger partial charge in [-0.1, -0.05) is 32.3 Å². The summed E-state index contributed by atoms with van der Waals surface area (Å²) in [5.74, 6) is 0.736. The molecule has 1 aromatic carbocycles. The van der Waals surface area contributed by atoms with Gasteiger partial charge in [-0.2, -0.15) is 5.26 Å². The maximum Gasteiger partial charge on any atom is 0.143 e. The number of nitriles is 1. The van der Waals surface area contributed by atoms with E-state index in [1.54, 1.807) is 13.2 Å². The number of anilines is 1. The Bertz CT molecular complexity index is 382. The quantitative estimate of drug-likeness (QED) is 0.731. The fourth-order valence-corrected chi connectivity index (χ4v) is 1.74. The standard InChI is InChI=1S/C14H20N2O/c1-3-4-5-6-10-16-14-12(11-15)8-7-9-13(14)17-2/h7-9,16H,3-6,10H2,1-2H3. The predicted molar refractivity (Wildman–Crippen MR) is 70.3 cm³/mol. The van der Waals surface area contributed by atoms with Crippen molar-refractivity contribution in [2.45, 2.75) is 32.6 Å². The van der Waals surface area contributed by atoms with Crippen molar-refractivity contribution in [2.75, 3.05) is 19.0 Å². The second kappa shape index (κ2) is 7.56. The van der Waals surface area contributed by atoms with Gasteiger partial charge in [0, 0.05) is 6.54 Å². The van der Waals surface area contributed by atoms with E-state index in [9.17, 15) is 0 Å². The highest BCUT2D eigenvalue weighted by atomic mass is 16.5. The van der Waals surface area contributed by atoms with E-state index in [0.29, 0.717) is 5.56 Å². The summed E-state index contributed by atoms with van der Waals surface area (Å²) in [4.78, 5) is 0. The van der Waals surface area contributed by atoms with Gasteiger partial charge in [-0.15, -0.1) is 0 Å². The Morgan fingerprint density at radius 1 is 1.29 bits per heavy atom. The minimum absolute atomic E-state index is 0.639. The van der Waals surface area contributed by atoms with Gasteiger partial charge >= 0.3 is 0 Å². The third kappa shape index (κ3) is 3.99. The molecule has 92 valence electrons. The van der Waals surface area contributed by atoms with Gasteiger partial charge in [0.1, 0.15) is 11.8 Å². The molecule has 0 aromatic heterocycles. The first-order valence-electron chi connectivity index (χ1n) is 6.14. The molecule has 0 bridgehead atoms. The highest BCUT2D eigenvalue weighted by Gasteiger charge is 2.07. The third-order valence-corrected chi connectivity index (χ3v) is 2.70. The first kappa shape index (κ1) is 13.4. The molecule has 0 aliphatic heterocycles. The Kier molecular flexibility index (Phi) is 5.95. The maximum absolute atomic E-state index is 9.03. The zero-order valence-electron chi connectivity index (χ0n) is 10.6. The summed E-state index contributed by atoms with van der Waals surface area (Å²) in [5.41, 5.74) is 1.45. The number of hydrogen-bond acceptors (Lipinski definition) is 3. The van der Waals surface area contributed by atoms with E-state index < -0.39 is 0 Å². The lowest BCUT2D eigenvalue weighted by Crippen LogP contribution is -2.05. The average Bonchev–Trinajstić information content (AvgIpc) is 2.38. The van der Waals surface area contributed by atoms with E-state index in [2.05, 4.69) is 18.3 Å². The van der Waals surface area contributed by atoms with Gasteiger partial charge in [0.05, 0.1) is 18.4 Å². The molecule has 1 N–H and O–H groups in total. The Labute approximate surface area is 103 Å². The van der Waals surface area contributed by atoms with Crippen LogP contribution < -0.4 is 10.1 Å². The summed E-state index contributed by atoms with van der Waals surface area (Å²) in [6, 6.07) is 7.69. The zero-order chi connectivity index (χ0) is 12.5. The highest BCUT2D eigenvalue weighted by Crippen LogP contribution is 2.27. The lowest BCUT2D eigenvalue weighted by atomic mass is 10.1. The van der Waals surface area contributed by atoms with Gasteiger partial charge in [-0.3, -0.25) is 0 Å². The van der Waals surface area contributed by atoms with Crippen molar-refractivity contribution in [1.29, 1.82) is 5.26 Å². The second-order valence-corrected chi connectivity index (χ2v) is 3.98. The molecule has 0 atom stereocenters. The average molecular weight is 232 g/mol. The molecule has 0 saturated carbocycles. The molecule has 17 heavy (non-hydrogen) atoms. The van der Waals surface area contributed by atoms with Gasteiger partial charge in [-0.05, 0) is 18.6 Å². The molecule has 0 heterocycles. The van der Waals surface area contributed by atoms with Crippen LogP contribution in [0.1, 0.15) is 38.2 Å². The van der Waals surface area contributed by atoms with Gasteiger partial charge in [0.25, 0.3) is 0 Å². The number of methoxy groups -OCH3 is 1. The maximum atomic E-state index is 9.03. The summed E-state index contributed by atoms with van der Waals surface area (Å²) in [6.07, 6.45) is 4.84. The van der Waals surface area contributed by atoms with Crippen LogP contribution in [0.2, 0.25) is 0 Å². The SMILES string of the molecule is CCCCCCNc1c(C#N)cccc1OC. The molecule has 0 radical (unpaired) electrons. The molecular formula is C14H20N2O. The topological polar surface area (TPSA) is 45.0 Å². The van der Waals surface area contributed by atoms with Crippen LogP contribution in [0.4, 0.5) is 5.69 Å². The molecule has 3 nitrogen and oxygen atoms in total. The van der Waals surface area contributed by atoms with Crippen molar-refractivity contribution >= 4 is 5.69 Å². The smallest absolute Gasteiger partial charge is 0.143 e. The third-order valence-electron chi connectivity index (χ3n) is 2.70. The summed E-state index contributed by atoms with van der Waals surface area (Å²) in [5, 5.41) is 12.3. The van der Waals surface area contributed by atoms with E-state index in [-0.39, 0.29) is 0 Å². The van der Waals surface area contributed by atoms with Crippen LogP contribution in [-0.4, -0.2) is 13.7 Å². The molecule has 0 saturated heterocycles. The fourth-order valence-electron chi connectivity index (χ4n) is 1.74. The zero-order valence-corrected chi connectivity index (χ0v) is 10.6. The lowest BCUT2D eigenvalue weighted by molar-refractivity contribution is 0.416. The van der Waals surface area contributed by atoms with Gasteiger partial charge in [-0.25, -0.2) is 0 Å². The Hall–Kier alpha value is -1.69. The van der Waals surface area contributed by atoms with Crippen LogP contribution in [0.15, 0.2) is 18.2 Å².